The van der Waals surface area contributed by atoms with Crippen LogP contribution in [0.1, 0.15) is 21.3 Å². The Morgan fingerprint density at radius 2 is 1.96 bits per heavy atom. The second-order valence-electron chi connectivity index (χ2n) is 5.75. The van der Waals surface area contributed by atoms with E-state index >= 15 is 0 Å². The average Bonchev–Trinajstić information content (AvgIpc) is 3.12. The third kappa shape index (κ3) is 4.10. The predicted molar refractivity (Wildman–Crippen MR) is 98.1 cm³/mol. The van der Waals surface area contributed by atoms with Crippen LogP contribution in [0.15, 0.2) is 35.7 Å². The van der Waals surface area contributed by atoms with Crippen molar-refractivity contribution in [3.05, 3.63) is 56.2 Å². The number of carbonyl (C=O) groups excluding carboxylic acids is 1. The molecule has 1 fully saturated rings. The fourth-order valence-corrected chi connectivity index (χ4v) is 3.85. The van der Waals surface area contributed by atoms with Gasteiger partial charge in [-0.3, -0.25) is 9.69 Å². The van der Waals surface area contributed by atoms with Gasteiger partial charge in [0.15, 0.2) is 0 Å². The molecule has 2 heterocycles. The van der Waals surface area contributed by atoms with Gasteiger partial charge in [-0.2, -0.15) is 0 Å². The lowest BCUT2D eigenvalue weighted by atomic mass is 10.1. The summed E-state index contributed by atoms with van der Waals surface area (Å²) in [4.78, 5) is 17.5. The first-order chi connectivity index (χ1) is 11.5. The Balaban J connectivity index is 1.56. The van der Waals surface area contributed by atoms with Crippen molar-refractivity contribution < 1.29 is 9.90 Å². The Kier molecular flexibility index (Phi) is 5.79. The monoisotopic (exact) mass is 384 g/mol. The van der Waals surface area contributed by atoms with Crippen molar-refractivity contribution in [2.24, 2.45) is 0 Å². The van der Waals surface area contributed by atoms with Crippen LogP contribution in [-0.4, -0.2) is 53.5 Å². The van der Waals surface area contributed by atoms with E-state index in [1.165, 1.54) is 0 Å². The van der Waals surface area contributed by atoms with E-state index in [2.05, 4.69) is 4.90 Å². The van der Waals surface area contributed by atoms with Gasteiger partial charge in [-0.05, 0) is 29.6 Å². The number of amides is 1. The van der Waals surface area contributed by atoms with Crippen LogP contribution in [0.5, 0.6) is 0 Å². The van der Waals surface area contributed by atoms with Gasteiger partial charge in [0.1, 0.15) is 6.10 Å². The molecule has 1 N–H and O–H groups in total. The number of piperazine rings is 1. The largest absolute Gasteiger partial charge is 0.386 e. The van der Waals surface area contributed by atoms with Crippen molar-refractivity contribution in [2.75, 3.05) is 32.7 Å². The van der Waals surface area contributed by atoms with Crippen LogP contribution < -0.4 is 0 Å². The minimum Gasteiger partial charge on any atom is -0.386 e. The van der Waals surface area contributed by atoms with Crippen LogP contribution in [0.2, 0.25) is 10.0 Å². The molecule has 7 heteroatoms. The average molecular weight is 385 g/mol. The highest BCUT2D eigenvalue weighted by Crippen LogP contribution is 2.23. The number of aliphatic hydroxyl groups excluding tert-OH is 1. The van der Waals surface area contributed by atoms with Crippen molar-refractivity contribution in [1.82, 2.24) is 9.80 Å². The molecule has 0 aliphatic carbocycles. The number of benzene rings is 1. The lowest BCUT2D eigenvalue weighted by Gasteiger charge is -2.35. The minimum absolute atomic E-state index is 0.0963. The van der Waals surface area contributed by atoms with E-state index in [1.807, 2.05) is 17.5 Å². The smallest absolute Gasteiger partial charge is 0.255 e. The maximum absolute atomic E-state index is 12.6. The third-order valence-corrected chi connectivity index (χ3v) is 5.66. The zero-order valence-corrected chi connectivity index (χ0v) is 15.3. The number of carbonyl (C=O) groups is 1. The van der Waals surface area contributed by atoms with Gasteiger partial charge in [0, 0.05) is 42.6 Å². The number of β-amino-alcohol motifs (C(OH)–C–C–N with tert-alkyl or cyclic N) is 1. The number of thiophene rings is 1. The number of nitrogens with zero attached hydrogens (tertiary/aromatic N) is 2. The number of halogens is 2. The van der Waals surface area contributed by atoms with Gasteiger partial charge in [-0.15, -0.1) is 11.3 Å². The van der Waals surface area contributed by atoms with Crippen LogP contribution in [0.4, 0.5) is 0 Å². The molecule has 1 aromatic heterocycles. The van der Waals surface area contributed by atoms with Gasteiger partial charge in [-0.1, -0.05) is 29.3 Å². The summed E-state index contributed by atoms with van der Waals surface area (Å²) < 4.78 is 0. The Labute approximate surface area is 155 Å². The molecule has 1 aliphatic heterocycles. The van der Waals surface area contributed by atoms with Gasteiger partial charge < -0.3 is 10.0 Å². The first-order valence-electron chi connectivity index (χ1n) is 7.73. The third-order valence-electron chi connectivity index (χ3n) is 4.12. The summed E-state index contributed by atoms with van der Waals surface area (Å²) in [5, 5.41) is 13.1. The summed E-state index contributed by atoms with van der Waals surface area (Å²) in [6, 6.07) is 8.80. The molecule has 1 amide bonds. The van der Waals surface area contributed by atoms with Crippen LogP contribution in [0.3, 0.4) is 0 Å². The van der Waals surface area contributed by atoms with Crippen molar-refractivity contribution in [2.45, 2.75) is 6.10 Å². The second-order valence-corrected chi connectivity index (χ2v) is 7.57. The van der Waals surface area contributed by atoms with E-state index in [9.17, 15) is 9.90 Å². The number of hydrogen-bond acceptors (Lipinski definition) is 4. The first-order valence-corrected chi connectivity index (χ1v) is 9.36. The van der Waals surface area contributed by atoms with Crippen LogP contribution >= 0.6 is 34.5 Å². The molecule has 3 rings (SSSR count). The molecular formula is C17H18Cl2N2O2S. The lowest BCUT2D eigenvalue weighted by Crippen LogP contribution is -2.49. The molecule has 1 aromatic carbocycles. The van der Waals surface area contributed by atoms with Gasteiger partial charge in [0.2, 0.25) is 0 Å². The topological polar surface area (TPSA) is 43.8 Å². The van der Waals surface area contributed by atoms with E-state index in [0.717, 1.165) is 18.0 Å². The van der Waals surface area contributed by atoms with Gasteiger partial charge in [0.05, 0.1) is 10.6 Å². The zero-order valence-electron chi connectivity index (χ0n) is 13.0. The second kappa shape index (κ2) is 7.85. The molecule has 1 saturated heterocycles. The van der Waals surface area contributed by atoms with Gasteiger partial charge in [0.25, 0.3) is 5.91 Å². The molecule has 4 nitrogen and oxygen atoms in total. The first kappa shape index (κ1) is 17.7. The highest BCUT2D eigenvalue weighted by atomic mass is 35.5. The molecule has 0 bridgehead atoms. The quantitative estimate of drug-likeness (QED) is 0.876. The molecule has 0 radical (unpaired) electrons. The fraction of sp³-hybridized carbons (Fsp3) is 0.353. The van der Waals surface area contributed by atoms with E-state index in [4.69, 9.17) is 23.2 Å². The van der Waals surface area contributed by atoms with Crippen molar-refractivity contribution in [3.63, 3.8) is 0 Å². The molecule has 0 spiro atoms. The summed E-state index contributed by atoms with van der Waals surface area (Å²) in [5.41, 5.74) is 0.441. The molecule has 24 heavy (non-hydrogen) atoms. The molecule has 0 saturated carbocycles. The van der Waals surface area contributed by atoms with Gasteiger partial charge in [-0.25, -0.2) is 0 Å². The summed E-state index contributed by atoms with van der Waals surface area (Å²) in [6.45, 7) is 3.26. The maximum Gasteiger partial charge on any atom is 0.255 e. The Morgan fingerprint density at radius 3 is 2.62 bits per heavy atom. The number of rotatable bonds is 4. The van der Waals surface area contributed by atoms with E-state index in [0.29, 0.717) is 35.2 Å². The summed E-state index contributed by atoms with van der Waals surface area (Å²) >= 11 is 13.6. The van der Waals surface area contributed by atoms with E-state index in [1.54, 1.807) is 34.4 Å². The minimum atomic E-state index is -0.477. The lowest BCUT2D eigenvalue weighted by molar-refractivity contribution is 0.0533. The normalized spacial score (nSPS) is 17.0. The molecule has 1 atom stereocenters. The van der Waals surface area contributed by atoms with Crippen LogP contribution in [0, 0.1) is 0 Å². The van der Waals surface area contributed by atoms with E-state index < -0.39 is 6.10 Å². The molecule has 0 unspecified atom stereocenters. The van der Waals surface area contributed by atoms with Crippen LogP contribution in [0.25, 0.3) is 0 Å². The maximum atomic E-state index is 12.6. The fourth-order valence-electron chi connectivity index (χ4n) is 2.78. The Hall–Kier alpha value is -1.11. The van der Waals surface area contributed by atoms with E-state index in [-0.39, 0.29) is 5.91 Å². The number of aliphatic hydroxyl groups is 1. The summed E-state index contributed by atoms with van der Waals surface area (Å²) in [7, 11) is 0. The standard InChI is InChI=1S/C17H18Cl2N2O2S/c18-12-3-4-14(19)13(10-12)17(23)21-7-5-20(6-8-21)11-15(22)16-2-1-9-24-16/h1-4,9-10,15,22H,5-8,11H2/t15-/m0/s1. The summed E-state index contributed by atoms with van der Waals surface area (Å²) in [6.07, 6.45) is -0.477. The van der Waals surface area contributed by atoms with Crippen LogP contribution in [-0.2, 0) is 0 Å². The molecule has 2 aromatic rings. The predicted octanol–water partition coefficient (Wildman–Crippen LogP) is 3.55. The summed E-state index contributed by atoms with van der Waals surface area (Å²) in [5.74, 6) is -0.0963. The van der Waals surface area contributed by atoms with Crippen molar-refractivity contribution in [1.29, 1.82) is 0 Å². The van der Waals surface area contributed by atoms with Crippen molar-refractivity contribution in [3.8, 4) is 0 Å². The molecule has 1 aliphatic rings. The zero-order chi connectivity index (χ0) is 17.1. The Bertz CT molecular complexity index is 701. The SMILES string of the molecule is O=C(c1cc(Cl)ccc1Cl)N1CCN(C[C@H](O)c2cccs2)CC1. The highest BCUT2D eigenvalue weighted by molar-refractivity contribution is 7.10. The Morgan fingerprint density at radius 1 is 1.21 bits per heavy atom. The molecule has 128 valence electrons. The number of hydrogen-bond donors (Lipinski definition) is 1. The van der Waals surface area contributed by atoms with Gasteiger partial charge >= 0.3 is 0 Å². The van der Waals surface area contributed by atoms with Crippen molar-refractivity contribution >= 4 is 40.4 Å². The highest BCUT2D eigenvalue weighted by Gasteiger charge is 2.25. The molecular weight excluding hydrogens is 367 g/mol.